The number of nitrogens with zero attached hydrogens (tertiary/aromatic N) is 2. The molecular weight excluding hydrogens is 266 g/mol. The number of amides is 1. The van der Waals surface area contributed by atoms with Crippen LogP contribution in [0.3, 0.4) is 0 Å². The summed E-state index contributed by atoms with van der Waals surface area (Å²) in [5, 5.41) is 6.60. The van der Waals surface area contributed by atoms with Crippen molar-refractivity contribution in [3.05, 3.63) is 42.3 Å². The van der Waals surface area contributed by atoms with E-state index in [4.69, 9.17) is 4.52 Å². The van der Waals surface area contributed by atoms with Crippen LogP contribution in [0.2, 0.25) is 0 Å². The summed E-state index contributed by atoms with van der Waals surface area (Å²) in [7, 11) is 0. The molecule has 1 amide bonds. The fourth-order valence-electron chi connectivity index (χ4n) is 2.61. The molecular formula is C16H19N3O2. The Kier molecular flexibility index (Phi) is 4.19. The van der Waals surface area contributed by atoms with Crippen LogP contribution in [0, 0.1) is 0 Å². The molecule has 0 aliphatic carbocycles. The van der Waals surface area contributed by atoms with E-state index in [1.54, 1.807) is 6.07 Å². The Labute approximate surface area is 123 Å². The third kappa shape index (κ3) is 3.62. The molecule has 1 aliphatic rings. The van der Waals surface area contributed by atoms with Crippen molar-refractivity contribution in [1.29, 1.82) is 0 Å². The van der Waals surface area contributed by atoms with E-state index in [0.717, 1.165) is 18.8 Å². The number of anilines is 2. The summed E-state index contributed by atoms with van der Waals surface area (Å²) in [6.45, 7) is 2.25. The van der Waals surface area contributed by atoms with Crippen LogP contribution in [-0.4, -0.2) is 24.2 Å². The second-order valence-electron chi connectivity index (χ2n) is 5.31. The zero-order valence-electron chi connectivity index (χ0n) is 11.9. The van der Waals surface area contributed by atoms with E-state index in [1.165, 1.54) is 31.2 Å². The molecule has 2 aromatic rings. The Balaban J connectivity index is 1.57. The second-order valence-corrected chi connectivity index (χ2v) is 5.31. The van der Waals surface area contributed by atoms with E-state index >= 15 is 0 Å². The molecule has 1 saturated heterocycles. The number of carbonyl (C=O) groups excluding carboxylic acids is 1. The van der Waals surface area contributed by atoms with E-state index in [-0.39, 0.29) is 12.3 Å². The Hall–Kier alpha value is -2.30. The zero-order chi connectivity index (χ0) is 14.5. The van der Waals surface area contributed by atoms with E-state index in [0.29, 0.717) is 5.69 Å². The number of hydrogen-bond donors (Lipinski definition) is 1. The number of rotatable bonds is 4. The van der Waals surface area contributed by atoms with Crippen molar-refractivity contribution < 1.29 is 9.32 Å². The molecule has 0 saturated carbocycles. The first-order chi connectivity index (χ1) is 10.3. The Bertz CT molecular complexity index is 572. The summed E-state index contributed by atoms with van der Waals surface area (Å²) in [5.41, 5.74) is 2.67. The van der Waals surface area contributed by atoms with Crippen LogP contribution >= 0.6 is 0 Å². The molecule has 1 aliphatic heterocycles. The molecule has 5 heteroatoms. The van der Waals surface area contributed by atoms with Gasteiger partial charge in [-0.2, -0.15) is 0 Å². The summed E-state index contributed by atoms with van der Waals surface area (Å²) in [6.07, 6.45) is 5.54. The van der Waals surface area contributed by atoms with E-state index in [9.17, 15) is 4.79 Å². The number of aromatic nitrogens is 1. The largest absolute Gasteiger partial charge is 0.372 e. The van der Waals surface area contributed by atoms with Crippen molar-refractivity contribution in [1.82, 2.24) is 5.16 Å². The van der Waals surface area contributed by atoms with Crippen LogP contribution in [0.25, 0.3) is 0 Å². The molecule has 5 nitrogen and oxygen atoms in total. The minimum atomic E-state index is -0.0883. The number of piperidine rings is 1. The van der Waals surface area contributed by atoms with Crippen molar-refractivity contribution in [2.24, 2.45) is 0 Å². The molecule has 0 unspecified atom stereocenters. The topological polar surface area (TPSA) is 58.4 Å². The average Bonchev–Trinajstić information content (AvgIpc) is 3.02. The van der Waals surface area contributed by atoms with Gasteiger partial charge in [0, 0.05) is 30.5 Å². The molecule has 0 atom stereocenters. The fraction of sp³-hybridized carbons (Fsp3) is 0.375. The molecule has 1 aromatic carbocycles. The highest BCUT2D eigenvalue weighted by Crippen LogP contribution is 2.21. The zero-order valence-corrected chi connectivity index (χ0v) is 11.9. The maximum absolute atomic E-state index is 11.9. The smallest absolute Gasteiger partial charge is 0.230 e. The molecule has 0 radical (unpaired) electrons. The first-order valence-corrected chi connectivity index (χ1v) is 7.35. The number of carbonyl (C=O) groups is 1. The standard InChI is InChI=1S/C16H19N3O2/c20-16(12-14-8-11-21-18-14)17-13-4-6-15(7-5-13)19-9-2-1-3-10-19/h4-8,11H,1-3,9-10,12H2,(H,17,20). The van der Waals surface area contributed by atoms with Gasteiger partial charge in [0.15, 0.2) is 0 Å². The van der Waals surface area contributed by atoms with Gasteiger partial charge in [0.2, 0.25) is 5.91 Å². The summed E-state index contributed by atoms with van der Waals surface area (Å²) < 4.78 is 4.71. The minimum Gasteiger partial charge on any atom is -0.372 e. The summed E-state index contributed by atoms with van der Waals surface area (Å²) in [4.78, 5) is 14.3. The number of hydrogen-bond acceptors (Lipinski definition) is 4. The number of nitrogens with one attached hydrogen (secondary N) is 1. The van der Waals surface area contributed by atoms with Gasteiger partial charge in [-0.3, -0.25) is 4.79 Å². The van der Waals surface area contributed by atoms with E-state index in [2.05, 4.69) is 27.5 Å². The molecule has 3 rings (SSSR count). The van der Waals surface area contributed by atoms with Crippen LogP contribution in [0.4, 0.5) is 11.4 Å². The van der Waals surface area contributed by atoms with Crippen LogP contribution < -0.4 is 10.2 Å². The lowest BCUT2D eigenvalue weighted by Gasteiger charge is -2.28. The molecule has 1 fully saturated rings. The monoisotopic (exact) mass is 285 g/mol. The van der Waals surface area contributed by atoms with Gasteiger partial charge in [0.25, 0.3) is 0 Å². The van der Waals surface area contributed by atoms with Crippen molar-refractivity contribution >= 4 is 17.3 Å². The Morgan fingerprint density at radius 2 is 1.90 bits per heavy atom. The first kappa shape index (κ1) is 13.7. The van der Waals surface area contributed by atoms with Gasteiger partial charge in [-0.25, -0.2) is 0 Å². The van der Waals surface area contributed by atoms with E-state index < -0.39 is 0 Å². The first-order valence-electron chi connectivity index (χ1n) is 7.35. The number of benzene rings is 1. The van der Waals surface area contributed by atoms with Crippen molar-refractivity contribution in [3.63, 3.8) is 0 Å². The lowest BCUT2D eigenvalue weighted by molar-refractivity contribution is -0.115. The Morgan fingerprint density at radius 1 is 1.14 bits per heavy atom. The fourth-order valence-corrected chi connectivity index (χ4v) is 2.61. The van der Waals surface area contributed by atoms with Gasteiger partial charge in [-0.15, -0.1) is 0 Å². The van der Waals surface area contributed by atoms with Crippen LogP contribution in [0.15, 0.2) is 41.1 Å². The van der Waals surface area contributed by atoms with Crippen LogP contribution in [-0.2, 0) is 11.2 Å². The highest BCUT2D eigenvalue weighted by Gasteiger charge is 2.11. The Morgan fingerprint density at radius 3 is 2.57 bits per heavy atom. The SMILES string of the molecule is O=C(Cc1ccon1)Nc1ccc(N2CCCCC2)cc1. The molecule has 0 bridgehead atoms. The van der Waals surface area contributed by atoms with Gasteiger partial charge in [-0.05, 0) is 43.5 Å². The minimum absolute atomic E-state index is 0.0883. The molecule has 110 valence electrons. The second kappa shape index (κ2) is 6.43. The van der Waals surface area contributed by atoms with Gasteiger partial charge in [0.1, 0.15) is 6.26 Å². The maximum atomic E-state index is 11.9. The van der Waals surface area contributed by atoms with Crippen LogP contribution in [0.1, 0.15) is 25.0 Å². The molecule has 2 heterocycles. The molecule has 1 N–H and O–H groups in total. The van der Waals surface area contributed by atoms with Crippen molar-refractivity contribution in [3.8, 4) is 0 Å². The molecule has 1 aromatic heterocycles. The normalized spacial score (nSPS) is 15.0. The van der Waals surface area contributed by atoms with Gasteiger partial charge in [-0.1, -0.05) is 5.16 Å². The van der Waals surface area contributed by atoms with Gasteiger partial charge in [0.05, 0.1) is 12.1 Å². The van der Waals surface area contributed by atoms with Crippen molar-refractivity contribution in [2.45, 2.75) is 25.7 Å². The maximum Gasteiger partial charge on any atom is 0.230 e. The third-order valence-corrected chi connectivity index (χ3v) is 3.71. The quantitative estimate of drug-likeness (QED) is 0.938. The summed E-state index contributed by atoms with van der Waals surface area (Å²) >= 11 is 0. The average molecular weight is 285 g/mol. The lowest BCUT2D eigenvalue weighted by atomic mass is 10.1. The van der Waals surface area contributed by atoms with Gasteiger partial charge >= 0.3 is 0 Å². The highest BCUT2D eigenvalue weighted by atomic mass is 16.5. The van der Waals surface area contributed by atoms with Crippen molar-refractivity contribution in [2.75, 3.05) is 23.3 Å². The summed E-state index contributed by atoms with van der Waals surface area (Å²) in [5.74, 6) is -0.0883. The van der Waals surface area contributed by atoms with E-state index in [1.807, 2.05) is 12.1 Å². The summed E-state index contributed by atoms with van der Waals surface area (Å²) in [6, 6.07) is 9.72. The molecule has 0 spiro atoms. The molecule has 21 heavy (non-hydrogen) atoms. The predicted molar refractivity (Wildman–Crippen MR) is 81.3 cm³/mol. The lowest BCUT2D eigenvalue weighted by Crippen LogP contribution is -2.29. The third-order valence-electron chi connectivity index (χ3n) is 3.71. The highest BCUT2D eigenvalue weighted by molar-refractivity contribution is 5.92. The van der Waals surface area contributed by atoms with Crippen LogP contribution in [0.5, 0.6) is 0 Å². The van der Waals surface area contributed by atoms with Gasteiger partial charge < -0.3 is 14.7 Å². The predicted octanol–water partition coefficient (Wildman–Crippen LogP) is 2.85.